The van der Waals surface area contributed by atoms with Gasteiger partial charge in [0.25, 0.3) is 0 Å². The number of benzene rings is 1. The van der Waals surface area contributed by atoms with Crippen molar-refractivity contribution in [1.29, 1.82) is 0 Å². The predicted octanol–water partition coefficient (Wildman–Crippen LogP) is 1.03. The van der Waals surface area contributed by atoms with Gasteiger partial charge < -0.3 is 10.1 Å². The van der Waals surface area contributed by atoms with Gasteiger partial charge in [-0.1, -0.05) is 18.2 Å². The van der Waals surface area contributed by atoms with Gasteiger partial charge in [-0.05, 0) is 25.3 Å². The Kier molecular flexibility index (Phi) is 3.43. The summed E-state index contributed by atoms with van der Waals surface area (Å²) in [5.74, 6) is 0.860. The Balaban J connectivity index is 1.78. The second-order valence-electron chi connectivity index (χ2n) is 5.86. The van der Waals surface area contributed by atoms with E-state index in [9.17, 15) is 13.2 Å². The summed E-state index contributed by atoms with van der Waals surface area (Å²) in [6.07, 6.45) is 2.06. The molecule has 1 saturated heterocycles. The van der Waals surface area contributed by atoms with Crippen molar-refractivity contribution in [2.45, 2.75) is 30.7 Å². The van der Waals surface area contributed by atoms with E-state index in [1.165, 1.54) is 0 Å². The lowest BCUT2D eigenvalue weighted by Crippen LogP contribution is -2.42. The molecule has 1 aliphatic heterocycles. The lowest BCUT2D eigenvalue weighted by Gasteiger charge is -2.20. The largest absolute Gasteiger partial charge is 0.496 e. The standard InChI is InChI=1S/C15H19NO4S/c1-20-13-5-3-2-4-12(13)15(7-8-15)14(17)16-11-6-9-21(18,19)10-11/h2-5,11H,6-10H2,1H3,(H,16,17). The maximum Gasteiger partial charge on any atom is 0.231 e. The van der Waals surface area contributed by atoms with Gasteiger partial charge in [0.15, 0.2) is 9.84 Å². The van der Waals surface area contributed by atoms with E-state index in [4.69, 9.17) is 4.74 Å². The third-order valence-corrected chi connectivity index (χ3v) is 6.14. The second-order valence-corrected chi connectivity index (χ2v) is 8.08. The van der Waals surface area contributed by atoms with Crippen LogP contribution in [0.5, 0.6) is 5.75 Å². The summed E-state index contributed by atoms with van der Waals surface area (Å²) in [6.45, 7) is 0. The first-order valence-corrected chi connectivity index (χ1v) is 8.94. The Hall–Kier alpha value is -1.56. The predicted molar refractivity (Wildman–Crippen MR) is 79.1 cm³/mol. The average molecular weight is 309 g/mol. The van der Waals surface area contributed by atoms with Crippen molar-refractivity contribution in [3.05, 3.63) is 29.8 Å². The summed E-state index contributed by atoms with van der Waals surface area (Å²) in [6, 6.07) is 7.28. The van der Waals surface area contributed by atoms with Crippen LogP contribution in [0.15, 0.2) is 24.3 Å². The topological polar surface area (TPSA) is 72.5 Å². The fourth-order valence-corrected chi connectivity index (χ4v) is 4.69. The highest BCUT2D eigenvalue weighted by molar-refractivity contribution is 7.91. The van der Waals surface area contributed by atoms with Gasteiger partial charge in [-0.3, -0.25) is 4.79 Å². The van der Waals surface area contributed by atoms with Gasteiger partial charge in [0.2, 0.25) is 5.91 Å². The van der Waals surface area contributed by atoms with E-state index in [1.54, 1.807) is 7.11 Å². The molecule has 1 N–H and O–H groups in total. The molecule has 0 bridgehead atoms. The number of nitrogens with one attached hydrogen (secondary N) is 1. The molecule has 21 heavy (non-hydrogen) atoms. The summed E-state index contributed by atoms with van der Waals surface area (Å²) in [4.78, 5) is 12.6. The summed E-state index contributed by atoms with van der Waals surface area (Å²) < 4.78 is 28.3. The van der Waals surface area contributed by atoms with E-state index in [1.807, 2.05) is 24.3 Å². The van der Waals surface area contributed by atoms with E-state index >= 15 is 0 Å². The smallest absolute Gasteiger partial charge is 0.231 e. The highest BCUT2D eigenvalue weighted by Crippen LogP contribution is 2.51. The molecule has 1 unspecified atom stereocenters. The number of rotatable bonds is 4. The van der Waals surface area contributed by atoms with Crippen molar-refractivity contribution >= 4 is 15.7 Å². The van der Waals surface area contributed by atoms with Crippen molar-refractivity contribution in [3.8, 4) is 5.75 Å². The molecule has 114 valence electrons. The molecular weight excluding hydrogens is 290 g/mol. The lowest BCUT2D eigenvalue weighted by molar-refractivity contribution is -0.124. The number of hydrogen-bond acceptors (Lipinski definition) is 4. The molecular formula is C15H19NO4S. The SMILES string of the molecule is COc1ccccc1C1(C(=O)NC2CCS(=O)(=O)C2)CC1. The van der Waals surface area contributed by atoms with Crippen molar-refractivity contribution in [2.24, 2.45) is 0 Å². The van der Waals surface area contributed by atoms with Crippen molar-refractivity contribution in [3.63, 3.8) is 0 Å². The Morgan fingerprint density at radius 3 is 2.62 bits per heavy atom. The van der Waals surface area contributed by atoms with E-state index in [2.05, 4.69) is 5.32 Å². The molecule has 1 aromatic rings. The van der Waals surface area contributed by atoms with Gasteiger partial charge >= 0.3 is 0 Å². The van der Waals surface area contributed by atoms with Gasteiger partial charge in [0.1, 0.15) is 5.75 Å². The molecule has 1 saturated carbocycles. The number of carbonyl (C=O) groups excluding carboxylic acids is 1. The molecule has 5 nitrogen and oxygen atoms in total. The van der Waals surface area contributed by atoms with Crippen LogP contribution in [0.4, 0.5) is 0 Å². The summed E-state index contributed by atoms with van der Waals surface area (Å²) in [5, 5.41) is 2.91. The minimum Gasteiger partial charge on any atom is -0.496 e. The first-order valence-electron chi connectivity index (χ1n) is 7.12. The van der Waals surface area contributed by atoms with E-state index in [-0.39, 0.29) is 23.5 Å². The van der Waals surface area contributed by atoms with Crippen LogP contribution < -0.4 is 10.1 Å². The third-order valence-electron chi connectivity index (χ3n) is 4.37. The van der Waals surface area contributed by atoms with Crippen LogP contribution in [0.2, 0.25) is 0 Å². The highest BCUT2D eigenvalue weighted by Gasteiger charge is 2.53. The maximum absolute atomic E-state index is 12.6. The van der Waals surface area contributed by atoms with Crippen LogP contribution in [0.1, 0.15) is 24.8 Å². The normalized spacial score (nSPS) is 25.3. The zero-order valence-electron chi connectivity index (χ0n) is 12.0. The molecule has 1 heterocycles. The van der Waals surface area contributed by atoms with Crippen molar-refractivity contribution in [2.75, 3.05) is 18.6 Å². The van der Waals surface area contributed by atoms with E-state index in [0.29, 0.717) is 12.2 Å². The van der Waals surface area contributed by atoms with Gasteiger partial charge in [0, 0.05) is 11.6 Å². The molecule has 0 radical (unpaired) electrons. The minimum atomic E-state index is -2.98. The van der Waals surface area contributed by atoms with Crippen molar-refractivity contribution < 1.29 is 17.9 Å². The summed E-state index contributed by atoms with van der Waals surface area (Å²) in [5.41, 5.74) is 0.352. The zero-order valence-corrected chi connectivity index (χ0v) is 12.8. The monoisotopic (exact) mass is 309 g/mol. The molecule has 3 rings (SSSR count). The Labute approximate surface area is 124 Å². The molecule has 2 aliphatic rings. The Bertz CT molecular complexity index is 664. The molecule has 1 aliphatic carbocycles. The first-order chi connectivity index (χ1) is 9.97. The molecule has 2 fully saturated rings. The number of ether oxygens (including phenoxy) is 1. The Morgan fingerprint density at radius 1 is 1.33 bits per heavy atom. The van der Waals surface area contributed by atoms with E-state index in [0.717, 1.165) is 18.4 Å². The number of para-hydroxylation sites is 1. The van der Waals surface area contributed by atoms with Gasteiger partial charge in [-0.2, -0.15) is 0 Å². The summed E-state index contributed by atoms with van der Waals surface area (Å²) >= 11 is 0. The molecule has 6 heteroatoms. The number of amides is 1. The molecule has 1 amide bonds. The van der Waals surface area contributed by atoms with Crippen LogP contribution in [-0.4, -0.2) is 39.0 Å². The Morgan fingerprint density at radius 2 is 2.05 bits per heavy atom. The first kappa shape index (κ1) is 14.4. The molecule has 0 aromatic heterocycles. The van der Waals surface area contributed by atoms with Gasteiger partial charge in [-0.15, -0.1) is 0 Å². The van der Waals surface area contributed by atoms with Crippen LogP contribution in [0, 0.1) is 0 Å². The quantitative estimate of drug-likeness (QED) is 0.901. The van der Waals surface area contributed by atoms with Crippen LogP contribution in [-0.2, 0) is 20.0 Å². The third kappa shape index (κ3) is 2.64. The van der Waals surface area contributed by atoms with Gasteiger partial charge in [-0.25, -0.2) is 8.42 Å². The number of sulfone groups is 1. The lowest BCUT2D eigenvalue weighted by atomic mass is 9.93. The molecule has 1 atom stereocenters. The second kappa shape index (κ2) is 5.02. The number of methoxy groups -OCH3 is 1. The fourth-order valence-electron chi connectivity index (χ4n) is 3.02. The van der Waals surface area contributed by atoms with Crippen LogP contribution >= 0.6 is 0 Å². The van der Waals surface area contributed by atoms with Gasteiger partial charge in [0.05, 0.1) is 24.0 Å². The highest BCUT2D eigenvalue weighted by atomic mass is 32.2. The van der Waals surface area contributed by atoms with Crippen molar-refractivity contribution in [1.82, 2.24) is 5.32 Å². The van der Waals surface area contributed by atoms with Crippen LogP contribution in [0.25, 0.3) is 0 Å². The molecule has 1 aromatic carbocycles. The summed E-state index contributed by atoms with van der Waals surface area (Å²) in [7, 11) is -1.39. The maximum atomic E-state index is 12.6. The molecule has 0 spiro atoms. The average Bonchev–Trinajstić information content (AvgIpc) is 3.20. The fraction of sp³-hybridized carbons (Fsp3) is 0.533. The zero-order chi connectivity index (χ0) is 15.1. The van der Waals surface area contributed by atoms with Crippen LogP contribution in [0.3, 0.4) is 0 Å². The minimum absolute atomic E-state index is 0.0563. The number of carbonyl (C=O) groups is 1. The van der Waals surface area contributed by atoms with E-state index < -0.39 is 15.3 Å². The number of hydrogen-bond donors (Lipinski definition) is 1.